The maximum absolute atomic E-state index is 12.2. The van der Waals surface area contributed by atoms with Crippen LogP contribution in [0.3, 0.4) is 0 Å². The van der Waals surface area contributed by atoms with Crippen LogP contribution >= 0.6 is 0 Å². The number of nitrogens with one attached hydrogen (secondary N) is 1. The Kier molecular flexibility index (Phi) is 3.50. The van der Waals surface area contributed by atoms with E-state index in [0.717, 1.165) is 13.0 Å². The summed E-state index contributed by atoms with van der Waals surface area (Å²) in [4.78, 5) is 28.0. The summed E-state index contributed by atoms with van der Waals surface area (Å²) in [6.07, 6.45) is 2.97. The molecule has 2 saturated heterocycles. The van der Waals surface area contributed by atoms with E-state index >= 15 is 0 Å². The maximum Gasteiger partial charge on any atom is 0.410 e. The minimum absolute atomic E-state index is 0.0305. The number of nitrogens with zero attached hydrogens (tertiary/aromatic N) is 2. The van der Waals surface area contributed by atoms with E-state index in [1.54, 1.807) is 4.90 Å². The first-order valence-electron chi connectivity index (χ1n) is 7.88. The largest absolute Gasteiger partial charge is 0.444 e. The van der Waals surface area contributed by atoms with Crippen LogP contribution in [0.4, 0.5) is 9.59 Å². The van der Waals surface area contributed by atoms with Gasteiger partial charge in [0.1, 0.15) is 5.60 Å². The van der Waals surface area contributed by atoms with Crippen LogP contribution in [0, 0.1) is 5.92 Å². The van der Waals surface area contributed by atoms with Gasteiger partial charge in [-0.15, -0.1) is 0 Å². The van der Waals surface area contributed by atoms with Gasteiger partial charge in [0.2, 0.25) is 0 Å². The lowest BCUT2D eigenvalue weighted by atomic mass is 10.0. The second-order valence-corrected chi connectivity index (χ2v) is 7.43. The number of piperidine rings is 1. The van der Waals surface area contributed by atoms with Gasteiger partial charge in [0, 0.05) is 19.6 Å². The monoisotopic (exact) mass is 295 g/mol. The fourth-order valence-corrected chi connectivity index (χ4v) is 3.10. The number of likely N-dealkylation sites (tertiary alicyclic amines) is 1. The van der Waals surface area contributed by atoms with E-state index in [2.05, 4.69) is 5.32 Å². The van der Waals surface area contributed by atoms with Gasteiger partial charge in [-0.25, -0.2) is 9.59 Å². The van der Waals surface area contributed by atoms with Crippen LogP contribution in [-0.2, 0) is 4.74 Å². The number of amides is 3. The summed E-state index contributed by atoms with van der Waals surface area (Å²) < 4.78 is 5.44. The highest BCUT2D eigenvalue weighted by Gasteiger charge is 2.45. The topological polar surface area (TPSA) is 61.9 Å². The van der Waals surface area contributed by atoms with Crippen LogP contribution < -0.4 is 5.32 Å². The summed E-state index contributed by atoms with van der Waals surface area (Å²) in [6, 6.07) is 0.303. The number of urea groups is 1. The van der Waals surface area contributed by atoms with Gasteiger partial charge in [0.05, 0.1) is 12.1 Å². The molecule has 0 aromatic heterocycles. The third-order valence-corrected chi connectivity index (χ3v) is 4.36. The van der Waals surface area contributed by atoms with Gasteiger partial charge < -0.3 is 19.9 Å². The van der Waals surface area contributed by atoms with Crippen molar-refractivity contribution in [2.75, 3.05) is 19.6 Å². The quantitative estimate of drug-likeness (QED) is 0.845. The summed E-state index contributed by atoms with van der Waals surface area (Å²) in [7, 11) is 0. The maximum atomic E-state index is 12.2. The molecule has 2 atom stereocenters. The molecular formula is C15H25N3O3. The molecule has 3 aliphatic rings. The lowest BCUT2D eigenvalue weighted by Crippen LogP contribution is -2.54. The Balaban J connectivity index is 1.63. The Morgan fingerprint density at radius 3 is 2.67 bits per heavy atom. The molecule has 2 heterocycles. The highest BCUT2D eigenvalue weighted by Crippen LogP contribution is 2.33. The first-order valence-corrected chi connectivity index (χ1v) is 7.88. The minimum Gasteiger partial charge on any atom is -0.444 e. The number of ether oxygens (including phenoxy) is 1. The Hall–Kier alpha value is -1.46. The molecule has 0 aromatic carbocycles. The van der Waals surface area contributed by atoms with Gasteiger partial charge in [0.15, 0.2) is 0 Å². The van der Waals surface area contributed by atoms with Gasteiger partial charge in [-0.05, 0) is 46.0 Å². The zero-order valence-electron chi connectivity index (χ0n) is 13.1. The normalized spacial score (nSPS) is 29.2. The van der Waals surface area contributed by atoms with E-state index in [1.807, 2.05) is 25.7 Å². The van der Waals surface area contributed by atoms with Crippen molar-refractivity contribution < 1.29 is 14.3 Å². The zero-order valence-corrected chi connectivity index (χ0v) is 13.1. The Bertz CT molecular complexity index is 442. The number of hydrogen-bond donors (Lipinski definition) is 1. The highest BCUT2D eigenvalue weighted by molar-refractivity contribution is 5.78. The molecule has 0 aromatic rings. The summed E-state index contributed by atoms with van der Waals surface area (Å²) in [6.45, 7) is 7.67. The fourth-order valence-electron chi connectivity index (χ4n) is 3.10. The van der Waals surface area contributed by atoms with E-state index in [-0.39, 0.29) is 24.2 Å². The first-order chi connectivity index (χ1) is 9.83. The minimum atomic E-state index is -0.481. The molecule has 1 aliphatic carbocycles. The molecule has 0 spiro atoms. The fraction of sp³-hybridized carbons (Fsp3) is 0.867. The standard InChI is InChI=1S/C15H25N3O3/c1-15(2,3)21-14(20)17-7-6-11-12(9-17)18(13(19)16-11)8-10-4-5-10/h10-12H,4-9H2,1-3H3,(H,16,19)/t11-,12+/m0/s1. The number of carbonyl (C=O) groups excluding carboxylic acids is 2. The van der Waals surface area contributed by atoms with Gasteiger partial charge in [-0.3, -0.25) is 0 Å². The average molecular weight is 295 g/mol. The van der Waals surface area contributed by atoms with E-state index in [0.29, 0.717) is 19.0 Å². The molecule has 1 saturated carbocycles. The van der Waals surface area contributed by atoms with Crippen LogP contribution in [0.15, 0.2) is 0 Å². The van der Waals surface area contributed by atoms with Crippen molar-refractivity contribution >= 4 is 12.1 Å². The summed E-state index contributed by atoms with van der Waals surface area (Å²) in [5.74, 6) is 0.659. The molecule has 3 amide bonds. The molecule has 1 N–H and O–H groups in total. The third kappa shape index (κ3) is 3.24. The Labute approximate surface area is 125 Å². The van der Waals surface area contributed by atoms with Gasteiger partial charge in [-0.1, -0.05) is 0 Å². The first kappa shape index (κ1) is 14.5. The average Bonchev–Trinajstić information content (AvgIpc) is 3.13. The van der Waals surface area contributed by atoms with Crippen molar-refractivity contribution in [1.82, 2.24) is 15.1 Å². The Morgan fingerprint density at radius 2 is 2.05 bits per heavy atom. The zero-order chi connectivity index (χ0) is 15.2. The van der Waals surface area contributed by atoms with Crippen molar-refractivity contribution in [3.63, 3.8) is 0 Å². The molecule has 6 heteroatoms. The smallest absolute Gasteiger partial charge is 0.410 e. The van der Waals surface area contributed by atoms with Crippen LogP contribution in [0.1, 0.15) is 40.0 Å². The van der Waals surface area contributed by atoms with Crippen LogP contribution in [0.25, 0.3) is 0 Å². The second-order valence-electron chi connectivity index (χ2n) is 7.43. The van der Waals surface area contributed by atoms with Crippen molar-refractivity contribution in [3.8, 4) is 0 Å². The summed E-state index contributed by atoms with van der Waals surface area (Å²) in [5, 5.41) is 3.05. The van der Waals surface area contributed by atoms with Crippen molar-refractivity contribution in [3.05, 3.63) is 0 Å². The lowest BCUT2D eigenvalue weighted by molar-refractivity contribution is 0.0141. The van der Waals surface area contributed by atoms with Crippen LogP contribution in [0.2, 0.25) is 0 Å². The second kappa shape index (κ2) is 5.07. The molecule has 0 bridgehead atoms. The van der Waals surface area contributed by atoms with Gasteiger partial charge in [-0.2, -0.15) is 0 Å². The third-order valence-electron chi connectivity index (χ3n) is 4.36. The highest BCUT2D eigenvalue weighted by atomic mass is 16.6. The Morgan fingerprint density at radius 1 is 1.33 bits per heavy atom. The number of carbonyl (C=O) groups is 2. The molecule has 21 heavy (non-hydrogen) atoms. The molecular weight excluding hydrogens is 270 g/mol. The predicted octanol–water partition coefficient (Wildman–Crippen LogP) is 1.80. The number of rotatable bonds is 2. The summed E-state index contributed by atoms with van der Waals surface area (Å²) >= 11 is 0. The molecule has 118 valence electrons. The van der Waals surface area contributed by atoms with Crippen molar-refractivity contribution in [2.45, 2.75) is 57.7 Å². The molecule has 3 rings (SSSR count). The van der Waals surface area contributed by atoms with Crippen molar-refractivity contribution in [1.29, 1.82) is 0 Å². The van der Waals surface area contributed by atoms with E-state index < -0.39 is 5.60 Å². The SMILES string of the molecule is CC(C)(C)OC(=O)N1CC[C@@H]2NC(=O)N(CC3CC3)[C@@H]2C1. The molecule has 6 nitrogen and oxygen atoms in total. The van der Waals surface area contributed by atoms with Gasteiger partial charge >= 0.3 is 12.1 Å². The van der Waals surface area contributed by atoms with Gasteiger partial charge in [0.25, 0.3) is 0 Å². The van der Waals surface area contributed by atoms with Crippen LogP contribution in [0.5, 0.6) is 0 Å². The molecule has 0 unspecified atom stereocenters. The summed E-state index contributed by atoms with van der Waals surface area (Å²) in [5.41, 5.74) is -0.481. The molecule has 0 radical (unpaired) electrons. The van der Waals surface area contributed by atoms with Crippen molar-refractivity contribution in [2.24, 2.45) is 5.92 Å². The lowest BCUT2D eigenvalue weighted by Gasteiger charge is -2.37. The van der Waals surface area contributed by atoms with E-state index in [9.17, 15) is 9.59 Å². The number of fused-ring (bicyclic) bond motifs is 1. The molecule has 3 fully saturated rings. The van der Waals surface area contributed by atoms with E-state index in [4.69, 9.17) is 4.74 Å². The number of hydrogen-bond acceptors (Lipinski definition) is 3. The van der Waals surface area contributed by atoms with E-state index in [1.165, 1.54) is 12.8 Å². The van der Waals surface area contributed by atoms with Crippen LogP contribution in [-0.4, -0.2) is 59.2 Å². The predicted molar refractivity (Wildman–Crippen MR) is 78.0 cm³/mol. The molecule has 2 aliphatic heterocycles.